The van der Waals surface area contributed by atoms with Crippen LogP contribution in [-0.4, -0.2) is 18.4 Å². The van der Waals surface area contributed by atoms with Gasteiger partial charge in [-0.2, -0.15) is 0 Å². The first kappa shape index (κ1) is 14.2. The van der Waals surface area contributed by atoms with E-state index in [2.05, 4.69) is 5.32 Å². The predicted molar refractivity (Wildman–Crippen MR) is 69.1 cm³/mol. The van der Waals surface area contributed by atoms with Crippen LogP contribution in [0.1, 0.15) is 25.8 Å². The third-order valence-electron chi connectivity index (χ3n) is 2.41. The average Bonchev–Trinajstić information content (AvgIpc) is 2.36. The van der Waals surface area contributed by atoms with Gasteiger partial charge in [0.05, 0.1) is 6.04 Å². The molecular weight excluding hydrogens is 230 g/mol. The molecule has 0 aliphatic carbocycles. The van der Waals surface area contributed by atoms with Gasteiger partial charge in [0, 0.05) is 0 Å². The Bertz CT molecular complexity index is 376. The van der Waals surface area contributed by atoms with Gasteiger partial charge in [0.15, 0.2) is 0 Å². The largest absolute Gasteiger partial charge is 0.445 e. The van der Waals surface area contributed by atoms with E-state index in [-0.39, 0.29) is 6.61 Å². The summed E-state index contributed by atoms with van der Waals surface area (Å²) in [6.07, 6.45) is 0.796. The fraction of sp³-hybridized carbons (Fsp3) is 0.429. The monoisotopic (exact) mass is 249 g/mol. The van der Waals surface area contributed by atoms with E-state index in [1.165, 1.54) is 0 Å². The number of nitrogens with one attached hydrogen (secondary N) is 1. The molecule has 0 saturated heterocycles. The van der Waals surface area contributed by atoms with Crippen LogP contribution in [0.25, 0.3) is 0 Å². The summed E-state index contributed by atoms with van der Waals surface area (Å²) in [6.45, 7) is 4.20. The molecule has 0 radical (unpaired) electrons. The maximum Gasteiger partial charge on any atom is 0.408 e. The van der Waals surface area contributed by atoms with Crippen molar-refractivity contribution >= 4 is 12.4 Å². The van der Waals surface area contributed by atoms with Crippen LogP contribution in [0, 0.1) is 5.92 Å². The lowest BCUT2D eigenvalue weighted by Gasteiger charge is -2.14. The maximum atomic E-state index is 11.5. The quantitative estimate of drug-likeness (QED) is 0.788. The Morgan fingerprint density at radius 1 is 1.33 bits per heavy atom. The van der Waals surface area contributed by atoms with E-state index in [1.807, 2.05) is 44.2 Å². The second kappa shape index (κ2) is 7.48. The molecule has 1 rings (SSSR count). The number of rotatable bonds is 6. The fourth-order valence-electron chi connectivity index (χ4n) is 1.57. The third-order valence-corrected chi connectivity index (χ3v) is 2.41. The fourth-order valence-corrected chi connectivity index (χ4v) is 1.57. The first-order chi connectivity index (χ1) is 8.61. The number of carbonyl (C=O) groups is 2. The molecule has 0 bridgehead atoms. The van der Waals surface area contributed by atoms with Crippen molar-refractivity contribution in [3.05, 3.63) is 35.9 Å². The molecule has 0 saturated carbocycles. The van der Waals surface area contributed by atoms with Gasteiger partial charge in [-0.05, 0) is 17.9 Å². The molecule has 18 heavy (non-hydrogen) atoms. The number of carbonyl (C=O) groups excluding carboxylic acids is 2. The van der Waals surface area contributed by atoms with Crippen molar-refractivity contribution in [2.75, 3.05) is 0 Å². The van der Waals surface area contributed by atoms with Crippen LogP contribution >= 0.6 is 0 Å². The zero-order chi connectivity index (χ0) is 13.4. The van der Waals surface area contributed by atoms with Crippen molar-refractivity contribution in [3.63, 3.8) is 0 Å². The van der Waals surface area contributed by atoms with Crippen LogP contribution in [0.5, 0.6) is 0 Å². The summed E-state index contributed by atoms with van der Waals surface area (Å²) >= 11 is 0. The summed E-state index contributed by atoms with van der Waals surface area (Å²) < 4.78 is 5.03. The molecule has 1 amide bonds. The topological polar surface area (TPSA) is 55.4 Å². The van der Waals surface area contributed by atoms with Gasteiger partial charge in [-0.3, -0.25) is 0 Å². The van der Waals surface area contributed by atoms with Gasteiger partial charge >= 0.3 is 6.09 Å². The Morgan fingerprint density at radius 3 is 2.56 bits per heavy atom. The number of aldehydes is 1. The van der Waals surface area contributed by atoms with E-state index in [0.717, 1.165) is 11.8 Å². The Labute approximate surface area is 107 Å². The van der Waals surface area contributed by atoms with Gasteiger partial charge in [0.1, 0.15) is 12.9 Å². The van der Waals surface area contributed by atoms with Crippen molar-refractivity contribution in [2.24, 2.45) is 5.92 Å². The number of hydrogen-bond acceptors (Lipinski definition) is 3. The van der Waals surface area contributed by atoms with Crippen molar-refractivity contribution in [1.29, 1.82) is 0 Å². The van der Waals surface area contributed by atoms with E-state index in [4.69, 9.17) is 4.74 Å². The average molecular weight is 249 g/mol. The molecule has 1 aromatic rings. The van der Waals surface area contributed by atoms with Crippen LogP contribution < -0.4 is 5.32 Å². The lowest BCUT2D eigenvalue weighted by atomic mass is 10.1. The number of alkyl carbamates (subject to hydrolysis) is 1. The van der Waals surface area contributed by atoms with E-state index in [1.54, 1.807) is 0 Å². The number of amides is 1. The molecule has 98 valence electrons. The van der Waals surface area contributed by atoms with Gasteiger partial charge < -0.3 is 14.8 Å². The van der Waals surface area contributed by atoms with Crippen LogP contribution in [0.15, 0.2) is 30.3 Å². The standard InChI is InChI=1S/C14H19NO3/c1-11(2)8-13(9-16)15-14(17)18-10-12-6-4-3-5-7-12/h3-7,9,11,13H,8,10H2,1-2H3,(H,15,17)/t13-/m1/s1. The zero-order valence-electron chi connectivity index (χ0n) is 10.8. The zero-order valence-corrected chi connectivity index (χ0v) is 10.8. The highest BCUT2D eigenvalue weighted by atomic mass is 16.5. The molecule has 4 heteroatoms. The summed E-state index contributed by atoms with van der Waals surface area (Å²) in [5.41, 5.74) is 0.916. The SMILES string of the molecule is CC(C)C[C@H](C=O)NC(=O)OCc1ccccc1. The molecule has 0 heterocycles. The summed E-state index contributed by atoms with van der Waals surface area (Å²) in [5, 5.41) is 2.54. The third kappa shape index (κ3) is 5.48. The Kier molecular flexibility index (Phi) is 5.91. The minimum atomic E-state index is -0.559. The molecule has 0 fully saturated rings. The second-order valence-corrected chi connectivity index (χ2v) is 4.58. The van der Waals surface area contributed by atoms with Crippen molar-refractivity contribution in [1.82, 2.24) is 5.32 Å². The molecule has 0 aliphatic heterocycles. The molecule has 0 spiro atoms. The lowest BCUT2D eigenvalue weighted by Crippen LogP contribution is -2.37. The normalized spacial score (nSPS) is 11.9. The van der Waals surface area contributed by atoms with Gasteiger partial charge in [-0.15, -0.1) is 0 Å². The van der Waals surface area contributed by atoms with Gasteiger partial charge in [-0.25, -0.2) is 4.79 Å². The summed E-state index contributed by atoms with van der Waals surface area (Å²) in [5.74, 6) is 0.342. The highest BCUT2D eigenvalue weighted by Crippen LogP contribution is 2.04. The Morgan fingerprint density at radius 2 is 2.00 bits per heavy atom. The Balaban J connectivity index is 2.34. The van der Waals surface area contributed by atoms with E-state index in [0.29, 0.717) is 12.3 Å². The number of ether oxygens (including phenoxy) is 1. The molecule has 0 unspecified atom stereocenters. The number of benzene rings is 1. The van der Waals surface area contributed by atoms with Crippen LogP contribution in [0.4, 0.5) is 4.79 Å². The van der Waals surface area contributed by atoms with Gasteiger partial charge in [0.25, 0.3) is 0 Å². The molecule has 0 aliphatic rings. The smallest absolute Gasteiger partial charge is 0.408 e. The highest BCUT2D eigenvalue weighted by molar-refractivity contribution is 5.73. The van der Waals surface area contributed by atoms with Crippen LogP contribution in [-0.2, 0) is 16.1 Å². The molecule has 1 atom stereocenters. The summed E-state index contributed by atoms with van der Waals surface area (Å²) in [4.78, 5) is 22.3. The Hall–Kier alpha value is -1.84. The van der Waals surface area contributed by atoms with E-state index < -0.39 is 12.1 Å². The van der Waals surface area contributed by atoms with E-state index >= 15 is 0 Å². The maximum absolute atomic E-state index is 11.5. The van der Waals surface area contributed by atoms with Crippen LogP contribution in [0.3, 0.4) is 0 Å². The van der Waals surface area contributed by atoms with Crippen LogP contribution in [0.2, 0.25) is 0 Å². The van der Waals surface area contributed by atoms with Crippen molar-refractivity contribution in [3.8, 4) is 0 Å². The molecule has 0 aromatic heterocycles. The van der Waals surface area contributed by atoms with Crippen molar-refractivity contribution in [2.45, 2.75) is 32.9 Å². The first-order valence-corrected chi connectivity index (χ1v) is 6.04. The van der Waals surface area contributed by atoms with Gasteiger partial charge in [-0.1, -0.05) is 44.2 Å². The highest BCUT2D eigenvalue weighted by Gasteiger charge is 2.13. The molecular formula is C14H19NO3. The minimum absolute atomic E-state index is 0.208. The second-order valence-electron chi connectivity index (χ2n) is 4.58. The minimum Gasteiger partial charge on any atom is -0.445 e. The first-order valence-electron chi connectivity index (χ1n) is 6.04. The van der Waals surface area contributed by atoms with Gasteiger partial charge in [0.2, 0.25) is 0 Å². The molecule has 1 N–H and O–H groups in total. The summed E-state index contributed by atoms with van der Waals surface area (Å²) in [6, 6.07) is 8.92. The molecule has 4 nitrogen and oxygen atoms in total. The van der Waals surface area contributed by atoms with E-state index in [9.17, 15) is 9.59 Å². The number of hydrogen-bond donors (Lipinski definition) is 1. The van der Waals surface area contributed by atoms with Crippen molar-refractivity contribution < 1.29 is 14.3 Å². The molecule has 1 aromatic carbocycles. The lowest BCUT2D eigenvalue weighted by molar-refractivity contribution is -0.109. The predicted octanol–water partition coefficient (Wildman–Crippen LogP) is 2.53. The summed E-state index contributed by atoms with van der Waals surface area (Å²) in [7, 11) is 0.